The first kappa shape index (κ1) is 64.8. The number of hydrogen-bond acceptors (Lipinski definition) is 9. The number of rotatable bonds is 13. The topological polar surface area (TPSA) is 145 Å². The Morgan fingerprint density at radius 3 is 1.59 bits per heavy atom. The molecule has 2 saturated heterocycles. The number of ether oxygens (including phenoxy) is 4. The Labute approximate surface area is 517 Å². The van der Waals surface area contributed by atoms with Gasteiger partial charge < -0.3 is 44.2 Å². The second-order valence-corrected chi connectivity index (χ2v) is 39.4. The van der Waals surface area contributed by atoms with Crippen molar-refractivity contribution in [3.05, 3.63) is 12.2 Å². The van der Waals surface area contributed by atoms with Gasteiger partial charge in [0.2, 0.25) is 0 Å². The molecule has 0 bridgehead atoms. The van der Waals surface area contributed by atoms with Crippen LogP contribution >= 0.6 is 0 Å². The SMILES string of the molecule is C=C(C)C(OC(=O)NCC)[C@H]1C[C@@H](C)[C@H]2[C@H](O1)[C@H](O[Si](CC)(CC)CC)[C@@]1(C)[C@@H]3CC[C@H]4C(C)(C)[C@@H](C)CC[C@@]45C[C@@]35CC[C@]21C.CCNC(=O)OC(C(C)C)[C@H]1C[C@@H](C)[C@H]2[C@H](O1)[C@H](O)[C@@]1(C)[C@@H]3CC[C@H]4C(C)(C)[C@@H](O)CC[C@@]45C[C@@]35CC[C@]21C. The zero-order valence-corrected chi connectivity index (χ0v) is 58.3. The fraction of sp³-hybridized carbons (Fsp3) is 0.945. The highest BCUT2D eigenvalue weighted by molar-refractivity contribution is 6.73. The Hall–Kier alpha value is -1.70. The summed E-state index contributed by atoms with van der Waals surface area (Å²) in [6.07, 6.45) is 16.7. The van der Waals surface area contributed by atoms with E-state index in [0.717, 1.165) is 74.1 Å². The van der Waals surface area contributed by atoms with Gasteiger partial charge in [0.05, 0.1) is 42.7 Å². The van der Waals surface area contributed by atoms with E-state index in [-0.39, 0.29) is 87.9 Å². The summed E-state index contributed by atoms with van der Waals surface area (Å²) >= 11 is 0. The standard InChI is InChI=1S/C40H69NO4Si.C33H55NO5/c1-13-41-35(42)44-32(25(5)6)28-23-26(7)31-33(43-28)34(45-46(14-2,15-3)16-4)38(12)30-18-17-29-36(9,10)27(8)19-20-39(29)24-40(30,39)22-21-37(31,38)11;1-9-34-28(37)39-25(18(2)3)20-16-19(4)24-26(38-20)27(36)31(8)22-11-10-21-29(5,6)23(35)12-13-32(21)17-33(22,32)15-14-30(24,31)7/h26-34H,5,13-24H2,1-4,6-12H3,(H,41,42);18-27,35-36H,9-17H2,1-8H3,(H,34,37)/t26-,27+,28-,29+,30+,31+,32?,33+,34+,37-,38-,39-,40+;19-,20-,21+,22+,23+,24+,25?,26+,27+,30-,31-,32-,33+/m11/s1. The van der Waals surface area contributed by atoms with E-state index in [0.29, 0.717) is 81.6 Å². The molecule has 26 atom stereocenters. The quantitative estimate of drug-likeness (QED) is 0.105. The van der Waals surface area contributed by atoms with E-state index in [4.69, 9.17) is 23.4 Å². The van der Waals surface area contributed by atoms with Crippen molar-refractivity contribution in [1.29, 1.82) is 0 Å². The maximum absolute atomic E-state index is 12.7. The largest absolute Gasteiger partial charge is 0.443 e. The summed E-state index contributed by atoms with van der Waals surface area (Å²) in [5.74, 6) is 5.14. The molecule has 484 valence electrons. The highest BCUT2D eigenvalue weighted by Gasteiger charge is 2.87. The van der Waals surface area contributed by atoms with Crippen LogP contribution in [0.3, 0.4) is 0 Å². The third-order valence-electron chi connectivity index (χ3n) is 31.4. The van der Waals surface area contributed by atoms with E-state index in [1.807, 2.05) is 20.8 Å². The molecule has 2 amide bonds. The van der Waals surface area contributed by atoms with Gasteiger partial charge in [-0.3, -0.25) is 0 Å². The summed E-state index contributed by atoms with van der Waals surface area (Å²) in [5, 5.41) is 29.0. The van der Waals surface area contributed by atoms with E-state index < -0.39 is 20.5 Å². The average molecular weight is 1200 g/mol. The lowest BCUT2D eigenvalue weighted by Crippen LogP contribution is -2.60. The molecular weight excluding hydrogens is 1080 g/mol. The van der Waals surface area contributed by atoms with Gasteiger partial charge in [0.15, 0.2) is 14.4 Å². The van der Waals surface area contributed by atoms with Gasteiger partial charge in [-0.15, -0.1) is 0 Å². The Morgan fingerprint density at radius 1 is 0.600 bits per heavy atom. The number of amides is 2. The van der Waals surface area contributed by atoms with Crippen molar-refractivity contribution >= 4 is 20.5 Å². The number of carbonyl (C=O) groups is 2. The van der Waals surface area contributed by atoms with Crippen LogP contribution in [-0.4, -0.2) is 98.7 Å². The Kier molecular flexibility index (Phi) is 16.6. The Balaban J connectivity index is 0.000000179. The summed E-state index contributed by atoms with van der Waals surface area (Å²) in [5.41, 5.74) is 2.94. The van der Waals surface area contributed by atoms with Crippen LogP contribution in [0.25, 0.3) is 0 Å². The second kappa shape index (κ2) is 21.7. The molecule has 12 heteroatoms. The molecule has 0 aromatic heterocycles. The van der Waals surface area contributed by atoms with E-state index in [9.17, 15) is 19.8 Å². The molecule has 85 heavy (non-hydrogen) atoms. The molecule has 2 heterocycles. The first-order valence-electron chi connectivity index (χ1n) is 35.7. The summed E-state index contributed by atoms with van der Waals surface area (Å²) in [6.45, 7) is 50.0. The van der Waals surface area contributed by atoms with Gasteiger partial charge in [-0.1, -0.05) is 117 Å². The van der Waals surface area contributed by atoms with E-state index in [1.165, 1.54) is 64.2 Å². The lowest BCUT2D eigenvalue weighted by molar-refractivity contribution is -0.184. The molecule has 10 aliphatic carbocycles. The van der Waals surface area contributed by atoms with Crippen molar-refractivity contribution < 1.29 is 43.2 Å². The second-order valence-electron chi connectivity index (χ2n) is 34.7. The van der Waals surface area contributed by atoms with E-state index in [2.05, 4.69) is 128 Å². The lowest BCUT2D eigenvalue weighted by Gasteiger charge is -2.64. The van der Waals surface area contributed by atoms with Crippen LogP contribution in [0.2, 0.25) is 18.1 Å². The van der Waals surface area contributed by atoms with Crippen LogP contribution in [0.5, 0.6) is 0 Å². The summed E-state index contributed by atoms with van der Waals surface area (Å²) in [6, 6.07) is 3.47. The number of aliphatic hydroxyl groups excluding tert-OH is 2. The van der Waals surface area contributed by atoms with Crippen molar-refractivity contribution in [2.75, 3.05) is 13.1 Å². The number of hydrogen-bond donors (Lipinski definition) is 4. The van der Waals surface area contributed by atoms with Gasteiger partial charge in [0.25, 0.3) is 0 Å². The van der Waals surface area contributed by atoms with Crippen molar-refractivity contribution in [2.45, 2.75) is 307 Å². The third kappa shape index (κ3) is 8.75. The first-order valence-corrected chi connectivity index (χ1v) is 38.2. The zero-order chi connectivity index (χ0) is 62.0. The molecule has 10 saturated carbocycles. The molecule has 4 N–H and O–H groups in total. The molecular formula is C73H124N2O9Si. The van der Waals surface area contributed by atoms with Gasteiger partial charge in [-0.05, 0) is 250 Å². The van der Waals surface area contributed by atoms with Crippen molar-refractivity contribution in [3.8, 4) is 0 Å². The molecule has 0 radical (unpaired) electrons. The van der Waals surface area contributed by atoms with Crippen molar-refractivity contribution in [2.24, 2.45) is 113 Å². The van der Waals surface area contributed by atoms with Gasteiger partial charge in [-0.2, -0.15) is 0 Å². The molecule has 2 unspecified atom stereocenters. The minimum absolute atomic E-state index is 0.0188. The fourth-order valence-electron chi connectivity index (χ4n) is 26.4. The monoisotopic (exact) mass is 1200 g/mol. The zero-order valence-electron chi connectivity index (χ0n) is 57.3. The van der Waals surface area contributed by atoms with Crippen molar-refractivity contribution in [3.63, 3.8) is 0 Å². The van der Waals surface area contributed by atoms with Gasteiger partial charge in [0, 0.05) is 23.9 Å². The lowest BCUT2D eigenvalue weighted by atomic mass is 9.41. The first-order chi connectivity index (χ1) is 39.8. The summed E-state index contributed by atoms with van der Waals surface area (Å²) in [4.78, 5) is 25.1. The average Bonchev–Trinajstić information content (AvgIpc) is 1.47. The van der Waals surface area contributed by atoms with Gasteiger partial charge in [0.1, 0.15) is 6.10 Å². The molecule has 12 aliphatic rings. The minimum Gasteiger partial charge on any atom is -0.443 e. The summed E-state index contributed by atoms with van der Waals surface area (Å²) in [7, 11) is -1.97. The van der Waals surface area contributed by atoms with Crippen LogP contribution in [0.4, 0.5) is 9.59 Å². The van der Waals surface area contributed by atoms with Crippen LogP contribution in [0.1, 0.15) is 234 Å². The number of carbonyl (C=O) groups excluding carboxylic acids is 2. The Morgan fingerprint density at radius 2 is 1.06 bits per heavy atom. The maximum Gasteiger partial charge on any atom is 0.407 e. The predicted molar refractivity (Wildman–Crippen MR) is 341 cm³/mol. The van der Waals surface area contributed by atoms with Crippen LogP contribution in [0, 0.1) is 113 Å². The highest BCUT2D eigenvalue weighted by atomic mass is 28.4. The highest BCUT2D eigenvalue weighted by Crippen LogP contribution is 2.91. The molecule has 0 aromatic rings. The molecule has 4 spiro atoms. The van der Waals surface area contributed by atoms with Gasteiger partial charge >= 0.3 is 12.2 Å². The fourth-order valence-corrected chi connectivity index (χ4v) is 29.3. The molecule has 12 rings (SSSR count). The van der Waals surface area contributed by atoms with E-state index in [1.54, 1.807) is 0 Å². The number of alkyl carbamates (subject to hydrolysis) is 2. The number of fused-ring (bicyclic) bond motifs is 8. The molecule has 11 nitrogen and oxygen atoms in total. The number of nitrogens with one attached hydrogen (secondary N) is 2. The number of aliphatic hydroxyl groups is 2. The smallest absolute Gasteiger partial charge is 0.407 e. The van der Waals surface area contributed by atoms with E-state index >= 15 is 0 Å². The van der Waals surface area contributed by atoms with Crippen LogP contribution < -0.4 is 10.6 Å². The maximum atomic E-state index is 12.7. The predicted octanol–water partition coefficient (Wildman–Crippen LogP) is 16.1. The van der Waals surface area contributed by atoms with Gasteiger partial charge in [-0.25, -0.2) is 9.59 Å². The normalized spacial score (nSPS) is 50.6. The van der Waals surface area contributed by atoms with Crippen LogP contribution in [0.15, 0.2) is 12.2 Å². The molecule has 12 fully saturated rings. The van der Waals surface area contributed by atoms with Crippen molar-refractivity contribution in [1.82, 2.24) is 10.6 Å². The molecule has 0 aromatic carbocycles. The molecule has 2 aliphatic heterocycles. The Bertz CT molecular complexity index is 2530. The minimum atomic E-state index is -1.97. The third-order valence-corrected chi connectivity index (χ3v) is 36.0. The summed E-state index contributed by atoms with van der Waals surface area (Å²) < 4.78 is 34.2. The van der Waals surface area contributed by atoms with Crippen LogP contribution in [-0.2, 0) is 23.4 Å².